The van der Waals surface area contributed by atoms with Crippen molar-refractivity contribution in [2.45, 2.75) is 45.6 Å². The Morgan fingerprint density at radius 1 is 1.18 bits per heavy atom. The van der Waals surface area contributed by atoms with E-state index in [-0.39, 0.29) is 47.1 Å². The van der Waals surface area contributed by atoms with Gasteiger partial charge in [-0.05, 0) is 73.8 Å². The van der Waals surface area contributed by atoms with Crippen LogP contribution in [0.3, 0.4) is 0 Å². The third-order valence-electron chi connectivity index (χ3n) is 7.11. The van der Waals surface area contributed by atoms with Crippen molar-refractivity contribution in [3.8, 4) is 11.8 Å². The van der Waals surface area contributed by atoms with Crippen molar-refractivity contribution in [1.29, 1.82) is 5.26 Å². The predicted octanol–water partition coefficient (Wildman–Crippen LogP) is 5.22. The van der Waals surface area contributed by atoms with E-state index in [1.54, 1.807) is 42.2 Å². The maximum absolute atomic E-state index is 14.3. The highest BCUT2D eigenvalue weighted by atomic mass is 19.1. The first-order valence-electron chi connectivity index (χ1n) is 13.3. The van der Waals surface area contributed by atoms with Crippen LogP contribution >= 0.6 is 0 Å². The number of aromatic hydroxyl groups is 1. The Bertz CT molecular complexity index is 1640. The van der Waals surface area contributed by atoms with Gasteiger partial charge in [0.2, 0.25) is 0 Å². The van der Waals surface area contributed by atoms with E-state index in [1.807, 2.05) is 13.0 Å². The highest BCUT2D eigenvalue weighted by Gasteiger charge is 2.27. The number of hydrogen-bond acceptors (Lipinski definition) is 6. The number of carbonyl (C=O) groups is 1. The molecule has 0 bridgehead atoms. The van der Waals surface area contributed by atoms with Gasteiger partial charge in [-0.2, -0.15) is 5.26 Å². The second-order valence-electron chi connectivity index (χ2n) is 9.87. The lowest BCUT2D eigenvalue weighted by atomic mass is 9.96. The quantitative estimate of drug-likeness (QED) is 0.284. The van der Waals surface area contributed by atoms with Crippen LogP contribution in [0.4, 0.5) is 4.39 Å². The van der Waals surface area contributed by atoms with Crippen molar-refractivity contribution in [2.24, 2.45) is 5.73 Å². The molecule has 1 unspecified atom stereocenters. The Balaban J connectivity index is 1.79. The molecule has 3 aromatic carbocycles. The number of nitrogens with zero attached hydrogens (tertiary/aromatic N) is 2. The average molecular weight is 542 g/mol. The number of aryl methyl sites for hydroxylation is 1. The molecule has 4 rings (SSSR count). The zero-order valence-electron chi connectivity index (χ0n) is 22.6. The molecule has 0 fully saturated rings. The van der Waals surface area contributed by atoms with E-state index in [9.17, 15) is 24.3 Å². The second-order valence-corrected chi connectivity index (χ2v) is 9.87. The van der Waals surface area contributed by atoms with Gasteiger partial charge in [0, 0.05) is 42.6 Å². The number of fused-ring (bicyclic) bond motifs is 1. The maximum atomic E-state index is 14.3. The van der Waals surface area contributed by atoms with Crippen LogP contribution in [-0.4, -0.2) is 35.0 Å². The zero-order chi connectivity index (χ0) is 28.8. The molecule has 0 radical (unpaired) electrons. The summed E-state index contributed by atoms with van der Waals surface area (Å²) in [5, 5.41) is 19.7. The van der Waals surface area contributed by atoms with Crippen molar-refractivity contribution in [2.75, 3.05) is 13.1 Å². The molecule has 1 amide bonds. The van der Waals surface area contributed by atoms with Crippen molar-refractivity contribution in [1.82, 2.24) is 4.90 Å². The van der Waals surface area contributed by atoms with Gasteiger partial charge in [-0.15, -0.1) is 0 Å². The summed E-state index contributed by atoms with van der Waals surface area (Å²) in [5.74, 6) is -0.439. The molecule has 1 aromatic heterocycles. The summed E-state index contributed by atoms with van der Waals surface area (Å²) in [7, 11) is 0. The third-order valence-corrected chi connectivity index (χ3v) is 7.11. The molecule has 3 N–H and O–H groups in total. The molecule has 0 aliphatic rings. The number of nitrogens with two attached hydrogens (primary N) is 1. The van der Waals surface area contributed by atoms with Gasteiger partial charge < -0.3 is 20.2 Å². The van der Waals surface area contributed by atoms with E-state index in [0.717, 1.165) is 5.56 Å². The number of rotatable bonds is 10. The van der Waals surface area contributed by atoms with Gasteiger partial charge in [-0.3, -0.25) is 9.59 Å². The Hall–Kier alpha value is -4.48. The lowest BCUT2D eigenvalue weighted by molar-refractivity contribution is 0.0665. The fourth-order valence-electron chi connectivity index (χ4n) is 4.86. The number of carbonyl (C=O) groups excluding carboxylic acids is 1. The number of phenols is 1. The minimum Gasteiger partial charge on any atom is -0.508 e. The molecule has 206 valence electrons. The number of amides is 1. The normalized spacial score (nSPS) is 11.8. The molecular formula is C32H32FN3O4. The lowest BCUT2D eigenvalue weighted by Crippen LogP contribution is -2.43. The van der Waals surface area contributed by atoms with E-state index >= 15 is 0 Å². The molecule has 0 aliphatic heterocycles. The molecule has 0 saturated heterocycles. The van der Waals surface area contributed by atoms with Gasteiger partial charge in [-0.1, -0.05) is 25.1 Å². The average Bonchev–Trinajstić information content (AvgIpc) is 2.95. The van der Waals surface area contributed by atoms with Crippen LogP contribution in [0.2, 0.25) is 0 Å². The molecule has 0 saturated carbocycles. The van der Waals surface area contributed by atoms with Gasteiger partial charge in [-0.25, -0.2) is 4.39 Å². The van der Waals surface area contributed by atoms with Crippen molar-refractivity contribution >= 4 is 16.9 Å². The molecule has 0 aliphatic carbocycles. The van der Waals surface area contributed by atoms with Crippen molar-refractivity contribution in [3.05, 3.63) is 110 Å². The number of nitriles is 1. The van der Waals surface area contributed by atoms with Crippen molar-refractivity contribution in [3.63, 3.8) is 0 Å². The lowest BCUT2D eigenvalue weighted by Gasteiger charge is -2.31. The molecule has 4 aromatic rings. The smallest absolute Gasteiger partial charge is 0.254 e. The van der Waals surface area contributed by atoms with E-state index in [2.05, 4.69) is 6.07 Å². The summed E-state index contributed by atoms with van der Waals surface area (Å²) >= 11 is 0. The predicted molar refractivity (Wildman–Crippen MR) is 152 cm³/mol. The van der Waals surface area contributed by atoms with Crippen LogP contribution in [0.15, 0.2) is 69.9 Å². The van der Waals surface area contributed by atoms with Gasteiger partial charge in [0.15, 0.2) is 5.43 Å². The van der Waals surface area contributed by atoms with E-state index in [0.29, 0.717) is 53.8 Å². The minimum atomic E-state index is -0.458. The number of hydrogen-bond donors (Lipinski definition) is 2. The Labute approximate surface area is 232 Å². The highest BCUT2D eigenvalue weighted by Crippen LogP contribution is 2.26. The van der Waals surface area contributed by atoms with Crippen LogP contribution in [0.1, 0.15) is 58.1 Å². The van der Waals surface area contributed by atoms with Crippen molar-refractivity contribution < 1.29 is 18.7 Å². The summed E-state index contributed by atoms with van der Waals surface area (Å²) in [6, 6.07) is 17.5. The first-order chi connectivity index (χ1) is 19.2. The van der Waals surface area contributed by atoms with E-state index in [4.69, 9.17) is 10.2 Å². The maximum Gasteiger partial charge on any atom is 0.254 e. The molecule has 7 nitrogen and oxygen atoms in total. The Kier molecular flexibility index (Phi) is 8.97. The first-order valence-corrected chi connectivity index (χ1v) is 13.3. The SMILES string of the molecule is CCC(Cc1oc2cc(O)ccc2c(=O)c1Cc1cccc(C#N)c1)N(CCCN)C(=O)c1ccc(C)c(F)c1. The number of benzene rings is 3. The summed E-state index contributed by atoms with van der Waals surface area (Å²) in [4.78, 5) is 29.0. The molecule has 8 heteroatoms. The van der Waals surface area contributed by atoms with Gasteiger partial charge in [0.25, 0.3) is 5.91 Å². The molecule has 0 spiro atoms. The van der Waals surface area contributed by atoms with Gasteiger partial charge >= 0.3 is 0 Å². The fourth-order valence-corrected chi connectivity index (χ4v) is 4.86. The summed E-state index contributed by atoms with van der Waals surface area (Å²) < 4.78 is 20.6. The van der Waals surface area contributed by atoms with Crippen LogP contribution in [0.5, 0.6) is 5.75 Å². The summed E-state index contributed by atoms with van der Waals surface area (Å²) in [6.07, 6.45) is 1.52. The van der Waals surface area contributed by atoms with E-state index in [1.165, 1.54) is 24.3 Å². The number of phenolic OH excluding ortho intramolecular Hbond substituents is 1. The summed E-state index contributed by atoms with van der Waals surface area (Å²) in [5.41, 5.74) is 8.12. The van der Waals surface area contributed by atoms with Crippen LogP contribution in [0.25, 0.3) is 11.0 Å². The molecule has 1 atom stereocenters. The highest BCUT2D eigenvalue weighted by molar-refractivity contribution is 5.94. The van der Waals surface area contributed by atoms with Crippen LogP contribution in [-0.2, 0) is 12.8 Å². The second kappa shape index (κ2) is 12.6. The monoisotopic (exact) mass is 541 g/mol. The van der Waals surface area contributed by atoms with Crippen LogP contribution < -0.4 is 11.2 Å². The molecular weight excluding hydrogens is 509 g/mol. The summed E-state index contributed by atoms with van der Waals surface area (Å²) in [6.45, 7) is 4.29. The first kappa shape index (κ1) is 28.5. The Morgan fingerprint density at radius 2 is 1.98 bits per heavy atom. The topological polar surface area (TPSA) is 121 Å². The number of halogens is 1. The van der Waals surface area contributed by atoms with Gasteiger partial charge in [0.05, 0.1) is 17.0 Å². The fraction of sp³-hybridized carbons (Fsp3) is 0.281. The Morgan fingerprint density at radius 3 is 2.67 bits per heavy atom. The zero-order valence-corrected chi connectivity index (χ0v) is 22.6. The minimum absolute atomic E-state index is 0.0377. The van der Waals surface area contributed by atoms with Gasteiger partial charge in [0.1, 0.15) is 22.9 Å². The van der Waals surface area contributed by atoms with E-state index < -0.39 is 5.82 Å². The standard InChI is InChI=1S/C32H32FN3O4/c1-3-24(36(13-5-12-34)32(39)23-9-8-20(2)28(33)16-23)17-29-27(15-21-6-4-7-22(14-21)19-35)31(38)26-11-10-25(37)18-30(26)40-29/h4,6-11,14,16,18,24,37H,3,5,12-13,15,17,34H2,1-2H3. The third kappa shape index (κ3) is 6.22. The molecule has 1 heterocycles. The molecule has 40 heavy (non-hydrogen) atoms. The largest absolute Gasteiger partial charge is 0.508 e. The van der Waals surface area contributed by atoms with Crippen LogP contribution in [0, 0.1) is 24.1 Å².